The molecule has 0 fully saturated rings. The summed E-state index contributed by atoms with van der Waals surface area (Å²) in [5.41, 5.74) is 0. The molecule has 20 heavy (non-hydrogen) atoms. The Morgan fingerprint density at radius 1 is 1.35 bits per heavy atom. The van der Waals surface area contributed by atoms with Crippen LogP contribution in [0.4, 0.5) is 13.6 Å². The lowest BCUT2D eigenvalue weighted by molar-refractivity contribution is -0.0708. The minimum absolute atomic E-state index is 0.0561. The Hall–Kier alpha value is -1.37. The number of carboxylic acid groups (broad SMARTS) is 1. The average molecular weight is 352 g/mol. The summed E-state index contributed by atoms with van der Waals surface area (Å²) in [6.45, 7) is 5.49. The lowest BCUT2D eigenvalue weighted by atomic mass is 10.1. The summed E-state index contributed by atoms with van der Waals surface area (Å²) in [6.07, 6.45) is -0.826. The van der Waals surface area contributed by atoms with Crippen LogP contribution in [-0.2, 0) is 0 Å². The topological polar surface area (TPSA) is 49.8 Å². The Morgan fingerprint density at radius 3 is 2.45 bits per heavy atom. The van der Waals surface area contributed by atoms with Gasteiger partial charge in [0.05, 0.1) is 10.5 Å². The second-order valence-corrected chi connectivity index (χ2v) is 5.73. The zero-order valence-electron chi connectivity index (χ0n) is 11.4. The molecule has 1 N–H and O–H groups in total. The molecule has 0 aromatic heterocycles. The highest BCUT2D eigenvalue weighted by Gasteiger charge is 2.24. The molecule has 1 atom stereocenters. The molecule has 0 saturated carbocycles. The van der Waals surface area contributed by atoms with E-state index in [1.165, 1.54) is 0 Å². The molecule has 0 aliphatic carbocycles. The SMILES string of the molecule is CC(C)CC(C)N(Oc1cc(F)c(Br)cc1F)C(=O)O. The monoisotopic (exact) mass is 351 g/mol. The normalized spacial score (nSPS) is 12.3. The largest absolute Gasteiger partial charge is 0.463 e. The maximum atomic E-state index is 13.6. The molecule has 0 aliphatic rings. The van der Waals surface area contributed by atoms with Crippen molar-refractivity contribution in [2.75, 3.05) is 0 Å². The molecule has 0 saturated heterocycles. The third-order valence-electron chi connectivity index (χ3n) is 2.57. The molecule has 7 heteroatoms. The van der Waals surface area contributed by atoms with Crippen molar-refractivity contribution in [3.8, 4) is 5.75 Å². The third kappa shape index (κ3) is 4.33. The van der Waals surface area contributed by atoms with Gasteiger partial charge in [0.2, 0.25) is 0 Å². The molecule has 0 radical (unpaired) electrons. The minimum Gasteiger partial charge on any atom is -0.463 e. The number of nitrogens with zero attached hydrogens (tertiary/aromatic N) is 1. The fraction of sp³-hybridized carbons (Fsp3) is 0.462. The van der Waals surface area contributed by atoms with Crippen molar-refractivity contribution in [1.82, 2.24) is 5.06 Å². The summed E-state index contributed by atoms with van der Waals surface area (Å²) in [5, 5.41) is 9.74. The molecule has 112 valence electrons. The molecule has 1 aromatic rings. The van der Waals surface area contributed by atoms with E-state index in [4.69, 9.17) is 9.94 Å². The van der Waals surface area contributed by atoms with Crippen molar-refractivity contribution in [2.45, 2.75) is 33.2 Å². The van der Waals surface area contributed by atoms with Crippen LogP contribution in [0.15, 0.2) is 16.6 Å². The smallest absolute Gasteiger partial charge is 0.441 e. The first-order chi connectivity index (χ1) is 9.22. The minimum atomic E-state index is -1.36. The van der Waals surface area contributed by atoms with Crippen LogP contribution in [0.2, 0.25) is 0 Å². The van der Waals surface area contributed by atoms with Gasteiger partial charge in [0.1, 0.15) is 5.82 Å². The van der Waals surface area contributed by atoms with E-state index >= 15 is 0 Å². The van der Waals surface area contributed by atoms with Crippen molar-refractivity contribution in [2.24, 2.45) is 5.92 Å². The van der Waals surface area contributed by atoms with Crippen LogP contribution < -0.4 is 4.84 Å². The van der Waals surface area contributed by atoms with Crippen LogP contribution in [0.5, 0.6) is 5.75 Å². The van der Waals surface area contributed by atoms with Crippen molar-refractivity contribution in [1.29, 1.82) is 0 Å². The second kappa shape index (κ2) is 6.88. The van der Waals surface area contributed by atoms with E-state index in [-0.39, 0.29) is 10.4 Å². The molecule has 1 amide bonds. The van der Waals surface area contributed by atoms with Gasteiger partial charge >= 0.3 is 6.09 Å². The predicted molar refractivity (Wildman–Crippen MR) is 73.5 cm³/mol. The fourth-order valence-corrected chi connectivity index (χ4v) is 2.09. The molecular weight excluding hydrogens is 336 g/mol. The quantitative estimate of drug-likeness (QED) is 0.630. The van der Waals surface area contributed by atoms with Gasteiger partial charge in [0.15, 0.2) is 11.6 Å². The van der Waals surface area contributed by atoms with Gasteiger partial charge in [-0.3, -0.25) is 0 Å². The van der Waals surface area contributed by atoms with Gasteiger partial charge in [-0.2, -0.15) is 0 Å². The Morgan fingerprint density at radius 2 is 1.95 bits per heavy atom. The molecule has 0 bridgehead atoms. The zero-order valence-corrected chi connectivity index (χ0v) is 12.9. The Kier molecular flexibility index (Phi) is 5.74. The van der Waals surface area contributed by atoms with Crippen LogP contribution in [0.3, 0.4) is 0 Å². The van der Waals surface area contributed by atoms with Crippen LogP contribution in [0.25, 0.3) is 0 Å². The van der Waals surface area contributed by atoms with Gasteiger partial charge in [-0.05, 0) is 41.3 Å². The summed E-state index contributed by atoms with van der Waals surface area (Å²) in [6, 6.07) is 1.20. The first-order valence-electron chi connectivity index (χ1n) is 6.07. The summed E-state index contributed by atoms with van der Waals surface area (Å²) < 4.78 is 26.9. The number of hydrogen-bond acceptors (Lipinski definition) is 2. The molecule has 0 heterocycles. The summed E-state index contributed by atoms with van der Waals surface area (Å²) in [7, 11) is 0. The Bertz CT molecular complexity index is 497. The fourth-order valence-electron chi connectivity index (χ4n) is 1.78. The van der Waals surface area contributed by atoms with E-state index in [9.17, 15) is 13.6 Å². The first-order valence-corrected chi connectivity index (χ1v) is 6.86. The number of halogens is 3. The molecule has 4 nitrogen and oxygen atoms in total. The molecular formula is C13H16BrF2NO3. The van der Waals surface area contributed by atoms with E-state index in [2.05, 4.69) is 15.9 Å². The maximum Gasteiger partial charge on any atom is 0.441 e. The highest BCUT2D eigenvalue weighted by molar-refractivity contribution is 9.10. The van der Waals surface area contributed by atoms with Gasteiger partial charge in [0.25, 0.3) is 0 Å². The van der Waals surface area contributed by atoms with Gasteiger partial charge < -0.3 is 9.94 Å². The second-order valence-electron chi connectivity index (χ2n) is 4.87. The number of benzene rings is 1. The number of rotatable bonds is 5. The highest BCUT2D eigenvalue weighted by Crippen LogP contribution is 2.26. The van der Waals surface area contributed by atoms with Crippen LogP contribution in [-0.4, -0.2) is 22.3 Å². The van der Waals surface area contributed by atoms with Crippen molar-refractivity contribution in [3.05, 3.63) is 28.2 Å². The summed E-state index contributed by atoms with van der Waals surface area (Å²) in [4.78, 5) is 16.2. The Labute approximate surface area is 124 Å². The number of amides is 1. The summed E-state index contributed by atoms with van der Waals surface area (Å²) in [5.74, 6) is -1.81. The lowest BCUT2D eigenvalue weighted by Gasteiger charge is -2.26. The maximum absolute atomic E-state index is 13.6. The van der Waals surface area contributed by atoms with Crippen molar-refractivity contribution >= 4 is 22.0 Å². The standard InChI is InChI=1S/C13H16BrF2NO3/c1-7(2)4-8(3)17(13(18)19)20-12-6-10(15)9(14)5-11(12)16/h5-8H,4H2,1-3H3,(H,18,19). The summed E-state index contributed by atoms with van der Waals surface area (Å²) >= 11 is 2.84. The number of carbonyl (C=O) groups is 1. The Balaban J connectivity index is 2.96. The first kappa shape index (κ1) is 16.7. The van der Waals surface area contributed by atoms with E-state index < -0.39 is 29.5 Å². The van der Waals surface area contributed by atoms with E-state index in [0.29, 0.717) is 11.5 Å². The number of hydroxylamine groups is 2. The van der Waals surface area contributed by atoms with E-state index in [1.54, 1.807) is 6.92 Å². The average Bonchev–Trinajstić information content (AvgIpc) is 2.30. The van der Waals surface area contributed by atoms with E-state index in [1.807, 2.05) is 13.8 Å². The van der Waals surface area contributed by atoms with E-state index in [0.717, 1.165) is 12.1 Å². The van der Waals surface area contributed by atoms with Gasteiger partial charge in [-0.25, -0.2) is 13.6 Å². The van der Waals surface area contributed by atoms with Crippen LogP contribution in [0.1, 0.15) is 27.2 Å². The van der Waals surface area contributed by atoms with Crippen molar-refractivity contribution < 1.29 is 23.5 Å². The van der Waals surface area contributed by atoms with Gasteiger partial charge in [0, 0.05) is 6.07 Å². The molecule has 0 spiro atoms. The number of hydrogen-bond donors (Lipinski definition) is 1. The van der Waals surface area contributed by atoms with Gasteiger partial charge in [-0.1, -0.05) is 13.8 Å². The molecule has 1 unspecified atom stereocenters. The highest BCUT2D eigenvalue weighted by atomic mass is 79.9. The lowest BCUT2D eigenvalue weighted by Crippen LogP contribution is -2.41. The zero-order chi connectivity index (χ0) is 15.4. The molecule has 0 aliphatic heterocycles. The third-order valence-corrected chi connectivity index (χ3v) is 3.18. The van der Waals surface area contributed by atoms with Crippen LogP contribution >= 0.6 is 15.9 Å². The van der Waals surface area contributed by atoms with Gasteiger partial charge in [-0.15, -0.1) is 5.06 Å². The van der Waals surface area contributed by atoms with Crippen molar-refractivity contribution in [3.63, 3.8) is 0 Å². The molecule has 1 rings (SSSR count). The van der Waals surface area contributed by atoms with Crippen LogP contribution in [0, 0.1) is 17.6 Å². The molecule has 1 aromatic carbocycles. The predicted octanol–water partition coefficient (Wildman–Crippen LogP) is 4.44.